The van der Waals surface area contributed by atoms with Crippen molar-refractivity contribution in [2.24, 2.45) is 5.73 Å². The van der Waals surface area contributed by atoms with E-state index in [1.165, 1.54) is 24.0 Å². The molecule has 0 saturated carbocycles. The highest BCUT2D eigenvalue weighted by Crippen LogP contribution is 2.38. The van der Waals surface area contributed by atoms with Crippen LogP contribution in [0.25, 0.3) is 0 Å². The number of amides is 2. The van der Waals surface area contributed by atoms with E-state index in [2.05, 4.69) is 18.2 Å². The summed E-state index contributed by atoms with van der Waals surface area (Å²) in [4.78, 5) is 26.9. The number of hydrogen-bond donors (Lipinski definition) is 1. The molecule has 0 fully saturated rings. The molecule has 2 N–H and O–H groups in total. The van der Waals surface area contributed by atoms with Crippen LogP contribution in [0.15, 0.2) is 42.5 Å². The lowest BCUT2D eigenvalue weighted by Gasteiger charge is -2.38. The number of primary amides is 1. The van der Waals surface area contributed by atoms with Gasteiger partial charge in [0.15, 0.2) is 0 Å². The fraction of sp³-hybridized carbons (Fsp3) is 0.391. The van der Waals surface area contributed by atoms with Gasteiger partial charge in [0.2, 0.25) is 11.8 Å². The third-order valence-electron chi connectivity index (χ3n) is 5.97. The minimum absolute atomic E-state index is 0.0532. The van der Waals surface area contributed by atoms with Crippen LogP contribution in [0.3, 0.4) is 0 Å². The van der Waals surface area contributed by atoms with Crippen molar-refractivity contribution < 1.29 is 9.59 Å². The second kappa shape index (κ2) is 7.18. The second-order valence-corrected chi connectivity index (χ2v) is 7.85. The maximum absolute atomic E-state index is 13.2. The lowest BCUT2D eigenvalue weighted by Crippen LogP contribution is -2.45. The summed E-state index contributed by atoms with van der Waals surface area (Å²) in [6.45, 7) is 2.00. The molecule has 4 rings (SSSR count). The number of hydrogen-bond acceptors (Lipinski definition) is 2. The minimum atomic E-state index is -0.330. The van der Waals surface area contributed by atoms with Crippen LogP contribution in [0.2, 0.25) is 0 Å². The van der Waals surface area contributed by atoms with Crippen LogP contribution in [-0.4, -0.2) is 17.9 Å². The van der Waals surface area contributed by atoms with Crippen LogP contribution >= 0.6 is 0 Å². The van der Waals surface area contributed by atoms with E-state index in [9.17, 15) is 9.59 Å². The highest BCUT2D eigenvalue weighted by Gasteiger charge is 2.35. The van der Waals surface area contributed by atoms with E-state index in [-0.39, 0.29) is 23.8 Å². The Kier molecular flexibility index (Phi) is 4.73. The number of benzene rings is 2. The van der Waals surface area contributed by atoms with Gasteiger partial charge in [-0.25, -0.2) is 0 Å². The number of carbonyl (C=O) groups is 2. The third-order valence-corrected chi connectivity index (χ3v) is 5.97. The van der Waals surface area contributed by atoms with Crippen molar-refractivity contribution in [3.05, 3.63) is 64.7 Å². The molecule has 4 nitrogen and oxygen atoms in total. The monoisotopic (exact) mass is 362 g/mol. The van der Waals surface area contributed by atoms with Gasteiger partial charge < -0.3 is 10.6 Å². The Morgan fingerprint density at radius 3 is 2.59 bits per heavy atom. The van der Waals surface area contributed by atoms with Crippen LogP contribution in [-0.2, 0) is 28.9 Å². The number of para-hydroxylation sites is 1. The van der Waals surface area contributed by atoms with Gasteiger partial charge in [0.25, 0.3) is 0 Å². The highest BCUT2D eigenvalue weighted by atomic mass is 16.2. The molecule has 2 aromatic rings. The molecule has 1 heterocycles. The summed E-state index contributed by atoms with van der Waals surface area (Å²) in [5.41, 5.74) is 11.2. The molecule has 2 aromatic carbocycles. The molecule has 1 aliphatic carbocycles. The third kappa shape index (κ3) is 3.36. The number of fused-ring (bicyclic) bond motifs is 2. The second-order valence-electron chi connectivity index (χ2n) is 7.85. The Balaban J connectivity index is 1.61. The molecule has 0 saturated heterocycles. The first-order valence-electron chi connectivity index (χ1n) is 9.85. The minimum Gasteiger partial charge on any atom is -0.369 e. The van der Waals surface area contributed by atoms with E-state index < -0.39 is 0 Å². The topological polar surface area (TPSA) is 63.4 Å². The molecule has 1 aliphatic heterocycles. The van der Waals surface area contributed by atoms with Crippen molar-refractivity contribution in [3.8, 4) is 0 Å². The van der Waals surface area contributed by atoms with E-state index in [1.54, 1.807) is 0 Å². The number of rotatable bonds is 3. The first-order valence-corrected chi connectivity index (χ1v) is 9.85. The Morgan fingerprint density at radius 2 is 1.81 bits per heavy atom. The van der Waals surface area contributed by atoms with Crippen LogP contribution < -0.4 is 10.6 Å². The molecule has 0 spiro atoms. The number of aryl methyl sites for hydroxylation is 2. The van der Waals surface area contributed by atoms with E-state index in [0.29, 0.717) is 12.8 Å². The molecular weight excluding hydrogens is 336 g/mol. The van der Waals surface area contributed by atoms with Gasteiger partial charge >= 0.3 is 0 Å². The lowest BCUT2D eigenvalue weighted by atomic mass is 9.85. The van der Waals surface area contributed by atoms with Gasteiger partial charge in [-0.05, 0) is 67.3 Å². The fourth-order valence-corrected chi connectivity index (χ4v) is 4.62. The summed E-state index contributed by atoms with van der Waals surface area (Å²) in [5.74, 6) is -0.575. The Bertz CT molecular complexity index is 890. The highest BCUT2D eigenvalue weighted by molar-refractivity contribution is 5.98. The van der Waals surface area contributed by atoms with Gasteiger partial charge in [0, 0.05) is 11.7 Å². The zero-order valence-electron chi connectivity index (χ0n) is 15.8. The summed E-state index contributed by atoms with van der Waals surface area (Å²) in [7, 11) is 0. The van der Waals surface area contributed by atoms with Gasteiger partial charge in [0.05, 0.1) is 12.3 Å². The van der Waals surface area contributed by atoms with E-state index in [1.807, 2.05) is 36.1 Å². The Hall–Kier alpha value is -2.62. The van der Waals surface area contributed by atoms with Crippen molar-refractivity contribution in [3.63, 3.8) is 0 Å². The zero-order valence-corrected chi connectivity index (χ0v) is 15.8. The normalized spacial score (nSPS) is 21.3. The quantitative estimate of drug-likeness (QED) is 0.908. The molecule has 0 radical (unpaired) electrons. The maximum Gasteiger partial charge on any atom is 0.231 e. The molecule has 2 amide bonds. The van der Waals surface area contributed by atoms with Gasteiger partial charge in [-0.1, -0.05) is 36.4 Å². The smallest absolute Gasteiger partial charge is 0.231 e. The fourth-order valence-electron chi connectivity index (χ4n) is 4.62. The summed E-state index contributed by atoms with van der Waals surface area (Å²) < 4.78 is 0. The molecule has 140 valence electrons. The summed E-state index contributed by atoms with van der Waals surface area (Å²) in [6.07, 6.45) is 5.70. The van der Waals surface area contributed by atoms with Crippen molar-refractivity contribution >= 4 is 17.5 Å². The molecule has 0 bridgehead atoms. The molecule has 2 aliphatic rings. The Labute approximate surface area is 160 Å². The summed E-state index contributed by atoms with van der Waals surface area (Å²) in [5, 5.41) is 0. The number of anilines is 1. The summed E-state index contributed by atoms with van der Waals surface area (Å²) >= 11 is 0. The van der Waals surface area contributed by atoms with Crippen molar-refractivity contribution in [2.75, 3.05) is 4.90 Å². The zero-order chi connectivity index (χ0) is 19.0. The molecule has 27 heavy (non-hydrogen) atoms. The first-order chi connectivity index (χ1) is 13.0. The molecule has 2 unspecified atom stereocenters. The van der Waals surface area contributed by atoms with Crippen LogP contribution in [0.5, 0.6) is 0 Å². The van der Waals surface area contributed by atoms with Crippen LogP contribution in [0.1, 0.15) is 54.4 Å². The van der Waals surface area contributed by atoms with E-state index >= 15 is 0 Å². The van der Waals surface area contributed by atoms with E-state index in [4.69, 9.17) is 5.73 Å². The largest absolute Gasteiger partial charge is 0.369 e. The van der Waals surface area contributed by atoms with E-state index in [0.717, 1.165) is 29.7 Å². The molecule has 2 atom stereocenters. The SMILES string of the molecule is CC1CC(C(N)=O)c2ccccc2N1C(=O)Cc1ccc2c(c1)CCCC2. The van der Waals surface area contributed by atoms with Crippen LogP contribution in [0, 0.1) is 0 Å². The summed E-state index contributed by atoms with van der Waals surface area (Å²) in [6, 6.07) is 14.1. The van der Waals surface area contributed by atoms with Gasteiger partial charge in [-0.2, -0.15) is 0 Å². The average Bonchev–Trinajstić information content (AvgIpc) is 2.67. The predicted molar refractivity (Wildman–Crippen MR) is 107 cm³/mol. The van der Waals surface area contributed by atoms with Crippen molar-refractivity contribution in [1.82, 2.24) is 0 Å². The predicted octanol–water partition coefficient (Wildman–Crippen LogP) is 3.50. The molecular formula is C23H26N2O2. The average molecular weight is 362 g/mol. The number of nitrogens with two attached hydrogens (primary N) is 1. The first kappa shape index (κ1) is 17.8. The lowest BCUT2D eigenvalue weighted by molar-refractivity contribution is -0.121. The van der Waals surface area contributed by atoms with Gasteiger partial charge in [-0.3, -0.25) is 9.59 Å². The van der Waals surface area contributed by atoms with Crippen molar-refractivity contribution in [1.29, 1.82) is 0 Å². The van der Waals surface area contributed by atoms with Gasteiger partial charge in [-0.15, -0.1) is 0 Å². The number of carbonyl (C=O) groups excluding carboxylic acids is 2. The molecule has 4 heteroatoms. The maximum atomic E-state index is 13.2. The Morgan fingerprint density at radius 1 is 1.07 bits per heavy atom. The standard InChI is InChI=1S/C23H26N2O2/c1-15-12-20(23(24)27)19-8-4-5-9-21(19)25(15)22(26)14-16-10-11-17-6-2-3-7-18(17)13-16/h4-5,8-11,13,15,20H,2-3,6-7,12,14H2,1H3,(H2,24,27). The number of nitrogens with zero attached hydrogens (tertiary/aromatic N) is 1. The van der Waals surface area contributed by atoms with Gasteiger partial charge in [0.1, 0.15) is 0 Å². The molecule has 0 aromatic heterocycles. The van der Waals surface area contributed by atoms with Crippen molar-refractivity contribution in [2.45, 2.75) is 57.4 Å². The van der Waals surface area contributed by atoms with Crippen LogP contribution in [0.4, 0.5) is 5.69 Å².